The summed E-state index contributed by atoms with van der Waals surface area (Å²) in [4.78, 5) is 2.47. The Morgan fingerprint density at radius 2 is 2.36 bits per heavy atom. The third-order valence-corrected chi connectivity index (χ3v) is 3.43. The standard InChI is InChI=1S/C9H19NS/c1-3-5-10(2)7-9-4-6-11-8-9/h9H,3-8H2,1-2H3. The van der Waals surface area contributed by atoms with Crippen LogP contribution in [0.25, 0.3) is 0 Å². The highest BCUT2D eigenvalue weighted by molar-refractivity contribution is 7.99. The molecule has 0 radical (unpaired) electrons. The molecular weight excluding hydrogens is 154 g/mol. The SMILES string of the molecule is CCCN(C)CC1CCSC1. The van der Waals surface area contributed by atoms with Crippen molar-refractivity contribution in [1.29, 1.82) is 0 Å². The highest BCUT2D eigenvalue weighted by Gasteiger charge is 2.16. The van der Waals surface area contributed by atoms with E-state index in [-0.39, 0.29) is 0 Å². The Kier molecular flexibility index (Phi) is 4.31. The molecule has 2 heteroatoms. The molecule has 0 aliphatic carbocycles. The first-order valence-corrected chi connectivity index (χ1v) is 5.74. The second-order valence-electron chi connectivity index (χ2n) is 3.49. The fourth-order valence-electron chi connectivity index (χ4n) is 1.64. The number of hydrogen-bond donors (Lipinski definition) is 0. The molecule has 0 saturated carbocycles. The summed E-state index contributed by atoms with van der Waals surface area (Å²) in [6.07, 6.45) is 2.73. The van der Waals surface area contributed by atoms with Crippen LogP contribution in [-0.4, -0.2) is 36.5 Å². The Labute approximate surface area is 74.5 Å². The Morgan fingerprint density at radius 3 is 2.91 bits per heavy atom. The minimum Gasteiger partial charge on any atom is -0.306 e. The van der Waals surface area contributed by atoms with Crippen molar-refractivity contribution < 1.29 is 0 Å². The minimum atomic E-state index is 0.983. The van der Waals surface area contributed by atoms with Crippen LogP contribution < -0.4 is 0 Å². The Morgan fingerprint density at radius 1 is 1.55 bits per heavy atom. The molecule has 0 bridgehead atoms. The summed E-state index contributed by atoms with van der Waals surface area (Å²) in [5.41, 5.74) is 0. The lowest BCUT2D eigenvalue weighted by atomic mass is 10.1. The van der Waals surface area contributed by atoms with Crippen molar-refractivity contribution in [3.8, 4) is 0 Å². The third-order valence-electron chi connectivity index (χ3n) is 2.20. The van der Waals surface area contributed by atoms with Gasteiger partial charge in [0.2, 0.25) is 0 Å². The molecule has 1 nitrogen and oxygen atoms in total. The maximum Gasteiger partial charge on any atom is 0.00148 e. The van der Waals surface area contributed by atoms with Gasteiger partial charge in [0.25, 0.3) is 0 Å². The van der Waals surface area contributed by atoms with E-state index in [0.29, 0.717) is 0 Å². The van der Waals surface area contributed by atoms with E-state index in [4.69, 9.17) is 0 Å². The summed E-state index contributed by atoms with van der Waals surface area (Å²) < 4.78 is 0. The lowest BCUT2D eigenvalue weighted by molar-refractivity contribution is 0.289. The molecule has 0 aromatic carbocycles. The zero-order valence-electron chi connectivity index (χ0n) is 7.68. The fourth-order valence-corrected chi connectivity index (χ4v) is 2.91. The van der Waals surface area contributed by atoms with Gasteiger partial charge in [-0.1, -0.05) is 6.92 Å². The average Bonchev–Trinajstić information content (AvgIpc) is 2.40. The highest BCUT2D eigenvalue weighted by Crippen LogP contribution is 2.23. The van der Waals surface area contributed by atoms with Crippen LogP contribution >= 0.6 is 11.8 Å². The minimum absolute atomic E-state index is 0.983. The van der Waals surface area contributed by atoms with E-state index in [1.165, 1.54) is 37.4 Å². The first kappa shape index (κ1) is 9.40. The van der Waals surface area contributed by atoms with Crippen LogP contribution in [0.3, 0.4) is 0 Å². The van der Waals surface area contributed by atoms with Gasteiger partial charge in [-0.15, -0.1) is 0 Å². The van der Waals surface area contributed by atoms with Crippen molar-refractivity contribution in [1.82, 2.24) is 4.90 Å². The molecule has 66 valence electrons. The van der Waals surface area contributed by atoms with E-state index in [0.717, 1.165) is 5.92 Å². The van der Waals surface area contributed by atoms with Crippen LogP contribution in [0.4, 0.5) is 0 Å². The fraction of sp³-hybridized carbons (Fsp3) is 1.00. The number of nitrogens with zero attached hydrogens (tertiary/aromatic N) is 1. The quantitative estimate of drug-likeness (QED) is 0.640. The largest absolute Gasteiger partial charge is 0.306 e. The van der Waals surface area contributed by atoms with Gasteiger partial charge in [-0.05, 0) is 43.9 Å². The summed E-state index contributed by atoms with van der Waals surface area (Å²) in [6.45, 7) is 4.84. The molecule has 1 unspecified atom stereocenters. The number of thioether (sulfide) groups is 1. The van der Waals surface area contributed by atoms with E-state index in [2.05, 4.69) is 30.6 Å². The van der Waals surface area contributed by atoms with Crippen molar-refractivity contribution >= 4 is 11.8 Å². The Hall–Kier alpha value is 0.310. The molecule has 0 amide bonds. The summed E-state index contributed by atoms with van der Waals surface area (Å²) in [6, 6.07) is 0. The van der Waals surface area contributed by atoms with Gasteiger partial charge in [0.1, 0.15) is 0 Å². The summed E-state index contributed by atoms with van der Waals surface area (Å²) in [5, 5.41) is 0. The van der Waals surface area contributed by atoms with E-state index >= 15 is 0 Å². The highest BCUT2D eigenvalue weighted by atomic mass is 32.2. The van der Waals surface area contributed by atoms with E-state index in [1.807, 2.05) is 0 Å². The first-order chi connectivity index (χ1) is 5.33. The van der Waals surface area contributed by atoms with E-state index < -0.39 is 0 Å². The predicted molar refractivity (Wildman–Crippen MR) is 53.2 cm³/mol. The smallest absolute Gasteiger partial charge is 0.00148 e. The summed E-state index contributed by atoms with van der Waals surface area (Å²) in [7, 11) is 2.24. The number of hydrogen-bond acceptors (Lipinski definition) is 2. The molecule has 0 aromatic rings. The van der Waals surface area contributed by atoms with Crippen LogP contribution in [0.5, 0.6) is 0 Å². The molecule has 0 N–H and O–H groups in total. The van der Waals surface area contributed by atoms with Gasteiger partial charge >= 0.3 is 0 Å². The molecule has 1 rings (SSSR count). The summed E-state index contributed by atoms with van der Waals surface area (Å²) >= 11 is 2.12. The average molecular weight is 173 g/mol. The second-order valence-corrected chi connectivity index (χ2v) is 4.64. The Bertz CT molecular complexity index is 99.7. The maximum atomic E-state index is 2.47. The van der Waals surface area contributed by atoms with Crippen LogP contribution in [-0.2, 0) is 0 Å². The van der Waals surface area contributed by atoms with Crippen molar-refractivity contribution in [3.63, 3.8) is 0 Å². The molecular formula is C9H19NS. The zero-order valence-corrected chi connectivity index (χ0v) is 8.49. The van der Waals surface area contributed by atoms with E-state index in [9.17, 15) is 0 Å². The van der Waals surface area contributed by atoms with Gasteiger partial charge in [0, 0.05) is 6.54 Å². The predicted octanol–water partition coefficient (Wildman–Crippen LogP) is 2.08. The van der Waals surface area contributed by atoms with Crippen LogP contribution in [0.2, 0.25) is 0 Å². The monoisotopic (exact) mass is 173 g/mol. The molecule has 11 heavy (non-hydrogen) atoms. The second kappa shape index (κ2) is 5.04. The molecule has 0 spiro atoms. The van der Waals surface area contributed by atoms with Crippen LogP contribution in [0.1, 0.15) is 19.8 Å². The van der Waals surface area contributed by atoms with Crippen LogP contribution in [0.15, 0.2) is 0 Å². The topological polar surface area (TPSA) is 3.24 Å². The third kappa shape index (κ3) is 3.48. The van der Waals surface area contributed by atoms with Gasteiger partial charge in [0.05, 0.1) is 0 Å². The van der Waals surface area contributed by atoms with Crippen molar-refractivity contribution in [2.45, 2.75) is 19.8 Å². The van der Waals surface area contributed by atoms with Gasteiger partial charge in [-0.25, -0.2) is 0 Å². The molecule has 1 heterocycles. The van der Waals surface area contributed by atoms with Gasteiger partial charge < -0.3 is 4.90 Å². The first-order valence-electron chi connectivity index (χ1n) is 4.59. The van der Waals surface area contributed by atoms with Gasteiger partial charge in [-0.2, -0.15) is 11.8 Å². The summed E-state index contributed by atoms with van der Waals surface area (Å²) in [5.74, 6) is 3.77. The molecule has 1 aliphatic rings. The van der Waals surface area contributed by atoms with Crippen molar-refractivity contribution in [3.05, 3.63) is 0 Å². The van der Waals surface area contributed by atoms with E-state index in [1.54, 1.807) is 0 Å². The molecule has 1 saturated heterocycles. The normalized spacial score (nSPS) is 24.8. The lowest BCUT2D eigenvalue weighted by Gasteiger charge is -2.19. The van der Waals surface area contributed by atoms with Crippen LogP contribution in [0, 0.1) is 5.92 Å². The van der Waals surface area contributed by atoms with Crippen molar-refractivity contribution in [2.75, 3.05) is 31.6 Å². The number of rotatable bonds is 4. The Balaban J connectivity index is 2.08. The molecule has 1 atom stereocenters. The van der Waals surface area contributed by atoms with Gasteiger partial charge in [-0.3, -0.25) is 0 Å². The zero-order chi connectivity index (χ0) is 8.10. The molecule has 1 aliphatic heterocycles. The van der Waals surface area contributed by atoms with Crippen molar-refractivity contribution in [2.24, 2.45) is 5.92 Å². The maximum absolute atomic E-state index is 2.47. The molecule has 0 aromatic heterocycles. The molecule has 1 fully saturated rings. The van der Waals surface area contributed by atoms with Gasteiger partial charge in [0.15, 0.2) is 0 Å². The lowest BCUT2D eigenvalue weighted by Crippen LogP contribution is -2.26.